The topological polar surface area (TPSA) is 74.7 Å². The Morgan fingerprint density at radius 1 is 1.25 bits per heavy atom. The summed E-state index contributed by atoms with van der Waals surface area (Å²) in [4.78, 5) is 34.9. The van der Waals surface area contributed by atoms with Crippen LogP contribution >= 0.6 is 0 Å². The molecule has 2 heterocycles. The quantitative estimate of drug-likeness (QED) is 0.771. The molecule has 1 aromatic carbocycles. The zero-order valence-corrected chi connectivity index (χ0v) is 17.0. The van der Waals surface area contributed by atoms with Crippen molar-refractivity contribution in [1.82, 2.24) is 14.7 Å². The van der Waals surface area contributed by atoms with Crippen LogP contribution < -0.4 is 9.47 Å². The van der Waals surface area contributed by atoms with E-state index < -0.39 is 0 Å². The first-order valence-corrected chi connectivity index (χ1v) is 9.68. The van der Waals surface area contributed by atoms with E-state index in [9.17, 15) is 9.59 Å². The standard InChI is InChI=1S/C20H28N4O4/c1-5-22-10-11-23(13-18(22)25)20(26)24-9-8-21-19(24)16-7-6-15(27-4)12-17(16)28-14(2)3/h6-7,12,14H,5,8-11,13H2,1-4H3. The highest BCUT2D eigenvalue weighted by Gasteiger charge is 2.34. The van der Waals surface area contributed by atoms with Crippen molar-refractivity contribution in [2.24, 2.45) is 4.99 Å². The monoisotopic (exact) mass is 388 g/mol. The number of hydrogen-bond donors (Lipinski definition) is 0. The molecule has 0 saturated carbocycles. The van der Waals surface area contributed by atoms with Gasteiger partial charge in [-0.3, -0.25) is 14.7 Å². The summed E-state index contributed by atoms with van der Waals surface area (Å²) in [7, 11) is 1.60. The van der Waals surface area contributed by atoms with Crippen molar-refractivity contribution < 1.29 is 19.1 Å². The largest absolute Gasteiger partial charge is 0.497 e. The molecular formula is C20H28N4O4. The van der Waals surface area contributed by atoms with Gasteiger partial charge in [0, 0.05) is 32.2 Å². The normalized spacial score (nSPS) is 17.2. The Balaban J connectivity index is 1.83. The lowest BCUT2D eigenvalue weighted by molar-refractivity contribution is -0.134. The molecule has 0 atom stereocenters. The van der Waals surface area contributed by atoms with Crippen molar-refractivity contribution in [3.63, 3.8) is 0 Å². The average molecular weight is 388 g/mol. The predicted molar refractivity (Wildman–Crippen MR) is 106 cm³/mol. The molecule has 2 aliphatic rings. The molecule has 1 aromatic rings. The van der Waals surface area contributed by atoms with Gasteiger partial charge in [0.2, 0.25) is 5.91 Å². The molecule has 8 heteroatoms. The smallest absolute Gasteiger partial charge is 0.326 e. The van der Waals surface area contributed by atoms with Gasteiger partial charge in [-0.25, -0.2) is 4.79 Å². The van der Waals surface area contributed by atoms with Crippen molar-refractivity contribution in [3.05, 3.63) is 23.8 Å². The zero-order chi connectivity index (χ0) is 20.3. The van der Waals surface area contributed by atoms with Gasteiger partial charge in [0.1, 0.15) is 23.9 Å². The Morgan fingerprint density at radius 3 is 2.68 bits per heavy atom. The average Bonchev–Trinajstić information content (AvgIpc) is 3.16. The van der Waals surface area contributed by atoms with Gasteiger partial charge in [0.05, 0.1) is 25.3 Å². The van der Waals surface area contributed by atoms with Crippen LogP contribution in [0.3, 0.4) is 0 Å². The molecule has 152 valence electrons. The highest BCUT2D eigenvalue weighted by molar-refractivity contribution is 6.10. The van der Waals surface area contributed by atoms with E-state index in [4.69, 9.17) is 9.47 Å². The number of hydrogen-bond acceptors (Lipinski definition) is 5. The van der Waals surface area contributed by atoms with Gasteiger partial charge in [0.15, 0.2) is 0 Å². The number of benzene rings is 1. The van der Waals surface area contributed by atoms with Crippen LogP contribution in [0.5, 0.6) is 11.5 Å². The summed E-state index contributed by atoms with van der Waals surface area (Å²) < 4.78 is 11.3. The molecular weight excluding hydrogens is 360 g/mol. The van der Waals surface area contributed by atoms with Crippen LogP contribution in [0.1, 0.15) is 26.3 Å². The zero-order valence-electron chi connectivity index (χ0n) is 17.0. The molecule has 0 aliphatic carbocycles. The highest BCUT2D eigenvalue weighted by atomic mass is 16.5. The van der Waals surface area contributed by atoms with Crippen LogP contribution in [0.15, 0.2) is 23.2 Å². The lowest BCUT2D eigenvalue weighted by Gasteiger charge is -2.36. The van der Waals surface area contributed by atoms with Crippen LogP contribution in [0.4, 0.5) is 4.79 Å². The Kier molecular flexibility index (Phi) is 6.06. The number of nitrogens with zero attached hydrogens (tertiary/aromatic N) is 4. The molecule has 0 bridgehead atoms. The fourth-order valence-corrected chi connectivity index (χ4v) is 3.41. The first kappa shape index (κ1) is 20.0. The van der Waals surface area contributed by atoms with E-state index in [1.54, 1.807) is 21.8 Å². The molecule has 0 aromatic heterocycles. The van der Waals surface area contributed by atoms with E-state index in [0.717, 1.165) is 5.56 Å². The van der Waals surface area contributed by atoms with E-state index >= 15 is 0 Å². The number of carbonyl (C=O) groups excluding carboxylic acids is 2. The van der Waals surface area contributed by atoms with Crippen molar-refractivity contribution in [1.29, 1.82) is 0 Å². The van der Waals surface area contributed by atoms with E-state index in [0.29, 0.717) is 50.1 Å². The van der Waals surface area contributed by atoms with E-state index in [1.807, 2.05) is 39.0 Å². The minimum Gasteiger partial charge on any atom is -0.497 e. The fraction of sp³-hybridized carbons (Fsp3) is 0.550. The van der Waals surface area contributed by atoms with Crippen LogP contribution in [-0.4, -0.2) is 85.0 Å². The Morgan fingerprint density at radius 2 is 2.04 bits per heavy atom. The van der Waals surface area contributed by atoms with E-state index in [-0.39, 0.29) is 24.6 Å². The van der Waals surface area contributed by atoms with Crippen LogP contribution in [0, 0.1) is 0 Å². The van der Waals surface area contributed by atoms with Gasteiger partial charge < -0.3 is 19.3 Å². The molecule has 0 spiro atoms. The first-order valence-electron chi connectivity index (χ1n) is 9.68. The molecule has 3 rings (SSSR count). The minimum absolute atomic E-state index is 0.0203. The molecule has 1 saturated heterocycles. The minimum atomic E-state index is -0.188. The molecule has 3 amide bonds. The number of piperazine rings is 1. The highest BCUT2D eigenvalue weighted by Crippen LogP contribution is 2.29. The summed E-state index contributed by atoms with van der Waals surface area (Å²) in [5.74, 6) is 1.86. The van der Waals surface area contributed by atoms with Gasteiger partial charge in [0.25, 0.3) is 0 Å². The number of amidine groups is 1. The van der Waals surface area contributed by atoms with Gasteiger partial charge in [-0.15, -0.1) is 0 Å². The van der Waals surface area contributed by atoms with E-state index in [2.05, 4.69) is 4.99 Å². The number of methoxy groups -OCH3 is 1. The first-order chi connectivity index (χ1) is 13.4. The molecule has 28 heavy (non-hydrogen) atoms. The van der Waals surface area contributed by atoms with Gasteiger partial charge in [-0.1, -0.05) is 0 Å². The van der Waals surface area contributed by atoms with Crippen LogP contribution in [0.25, 0.3) is 0 Å². The van der Waals surface area contributed by atoms with Crippen LogP contribution in [0.2, 0.25) is 0 Å². The summed E-state index contributed by atoms with van der Waals surface area (Å²) in [6.07, 6.45) is -0.0308. The van der Waals surface area contributed by atoms with Gasteiger partial charge in [-0.05, 0) is 32.9 Å². The second-order valence-corrected chi connectivity index (χ2v) is 7.06. The van der Waals surface area contributed by atoms with Crippen LogP contribution in [-0.2, 0) is 4.79 Å². The van der Waals surface area contributed by atoms with Crippen molar-refractivity contribution >= 4 is 17.8 Å². The van der Waals surface area contributed by atoms with Crippen molar-refractivity contribution in [2.45, 2.75) is 26.9 Å². The number of amides is 3. The number of carbonyl (C=O) groups is 2. The molecule has 2 aliphatic heterocycles. The number of urea groups is 1. The Labute approximate surface area is 165 Å². The van der Waals surface area contributed by atoms with Crippen molar-refractivity contribution in [3.8, 4) is 11.5 Å². The maximum atomic E-state index is 13.1. The third-order valence-electron chi connectivity index (χ3n) is 4.84. The number of ether oxygens (including phenoxy) is 2. The third-order valence-corrected chi connectivity index (χ3v) is 4.84. The lowest BCUT2D eigenvalue weighted by atomic mass is 10.1. The Hall–Kier alpha value is -2.77. The summed E-state index contributed by atoms with van der Waals surface area (Å²) >= 11 is 0. The molecule has 0 N–H and O–H groups in total. The molecule has 1 fully saturated rings. The summed E-state index contributed by atoms with van der Waals surface area (Å²) in [6, 6.07) is 5.31. The third kappa shape index (κ3) is 4.05. The lowest BCUT2D eigenvalue weighted by Crippen LogP contribution is -2.55. The molecule has 8 nitrogen and oxygen atoms in total. The summed E-state index contributed by atoms with van der Waals surface area (Å²) in [5.41, 5.74) is 0.749. The second kappa shape index (κ2) is 8.50. The number of likely N-dealkylation sites (N-methyl/N-ethyl adjacent to an activating group) is 1. The fourth-order valence-electron chi connectivity index (χ4n) is 3.41. The number of aliphatic imine (C=N–C) groups is 1. The van der Waals surface area contributed by atoms with E-state index in [1.165, 1.54) is 0 Å². The van der Waals surface area contributed by atoms with Gasteiger partial charge in [-0.2, -0.15) is 0 Å². The predicted octanol–water partition coefficient (Wildman–Crippen LogP) is 1.83. The van der Waals surface area contributed by atoms with Crippen molar-refractivity contribution in [2.75, 3.05) is 46.4 Å². The molecule has 0 unspecified atom stereocenters. The maximum Gasteiger partial charge on any atom is 0.326 e. The SMILES string of the molecule is CCN1CCN(C(=O)N2CCN=C2c2ccc(OC)cc2OC(C)C)CC1=O. The maximum absolute atomic E-state index is 13.1. The summed E-state index contributed by atoms with van der Waals surface area (Å²) in [5, 5.41) is 0. The Bertz CT molecular complexity index is 777. The van der Waals surface area contributed by atoms with Gasteiger partial charge >= 0.3 is 6.03 Å². The summed E-state index contributed by atoms with van der Waals surface area (Å²) in [6.45, 7) is 8.71. The number of rotatable bonds is 5. The molecule has 0 radical (unpaired) electrons. The second-order valence-electron chi connectivity index (χ2n) is 7.06.